The minimum Gasteiger partial charge on any atom is -0.322 e. The van der Waals surface area contributed by atoms with Crippen molar-refractivity contribution in [2.45, 2.75) is 5.75 Å². The quantitative estimate of drug-likeness (QED) is 0.487. The zero-order chi connectivity index (χ0) is 21.0. The molecule has 0 aliphatic rings. The topological polar surface area (TPSA) is 106 Å². The highest BCUT2D eigenvalue weighted by Gasteiger charge is 2.20. The third-order valence-electron chi connectivity index (χ3n) is 4.21. The van der Waals surface area contributed by atoms with Gasteiger partial charge in [-0.1, -0.05) is 48.5 Å². The van der Waals surface area contributed by atoms with E-state index in [2.05, 4.69) is 5.32 Å². The van der Waals surface area contributed by atoms with Crippen LogP contribution in [-0.4, -0.2) is 25.5 Å². The van der Waals surface area contributed by atoms with Crippen LogP contribution in [-0.2, 0) is 15.6 Å². The average Bonchev–Trinajstić information content (AvgIpc) is 2.68. The molecule has 0 aliphatic carbocycles. The van der Waals surface area contributed by atoms with Crippen LogP contribution in [0, 0.1) is 10.1 Å². The summed E-state index contributed by atoms with van der Waals surface area (Å²) in [7, 11) is -3.45. The number of rotatable bonds is 6. The van der Waals surface area contributed by atoms with Gasteiger partial charge in [0.1, 0.15) is 0 Å². The fourth-order valence-corrected chi connectivity index (χ4v) is 3.67. The van der Waals surface area contributed by atoms with Crippen LogP contribution >= 0.6 is 0 Å². The van der Waals surface area contributed by atoms with Crippen LogP contribution in [0.15, 0.2) is 72.8 Å². The molecule has 0 saturated carbocycles. The Kier molecular flexibility index (Phi) is 5.74. The highest BCUT2D eigenvalue weighted by atomic mass is 32.2. The largest absolute Gasteiger partial charge is 0.322 e. The van der Waals surface area contributed by atoms with E-state index in [0.717, 1.165) is 23.4 Å². The second kappa shape index (κ2) is 8.24. The van der Waals surface area contributed by atoms with Gasteiger partial charge in [-0.3, -0.25) is 14.9 Å². The van der Waals surface area contributed by atoms with Gasteiger partial charge in [0.25, 0.3) is 11.6 Å². The van der Waals surface area contributed by atoms with Crippen LogP contribution in [0.25, 0.3) is 11.1 Å². The van der Waals surface area contributed by atoms with Crippen molar-refractivity contribution in [3.8, 4) is 11.1 Å². The molecule has 7 nitrogen and oxygen atoms in total. The van der Waals surface area contributed by atoms with Crippen molar-refractivity contribution >= 4 is 27.1 Å². The number of hydrogen-bond donors (Lipinski definition) is 1. The first kappa shape index (κ1) is 20.2. The molecule has 0 radical (unpaired) electrons. The van der Waals surface area contributed by atoms with Gasteiger partial charge in [-0.15, -0.1) is 0 Å². The molecule has 0 heterocycles. The molecular formula is C21H18N2O5S. The molecule has 3 aromatic carbocycles. The van der Waals surface area contributed by atoms with Gasteiger partial charge in [-0.05, 0) is 29.3 Å². The number of anilines is 1. The zero-order valence-electron chi connectivity index (χ0n) is 15.5. The van der Waals surface area contributed by atoms with Crippen LogP contribution in [0.3, 0.4) is 0 Å². The van der Waals surface area contributed by atoms with E-state index in [1.807, 2.05) is 42.5 Å². The van der Waals surface area contributed by atoms with E-state index in [4.69, 9.17) is 0 Å². The number of amides is 1. The molecule has 0 unspecified atom stereocenters. The number of carbonyl (C=O) groups is 1. The van der Waals surface area contributed by atoms with Crippen molar-refractivity contribution < 1.29 is 18.1 Å². The molecule has 29 heavy (non-hydrogen) atoms. The summed E-state index contributed by atoms with van der Waals surface area (Å²) >= 11 is 0. The van der Waals surface area contributed by atoms with Gasteiger partial charge in [0.15, 0.2) is 9.84 Å². The zero-order valence-corrected chi connectivity index (χ0v) is 16.3. The predicted octanol–water partition coefficient (Wildman–Crippen LogP) is 4.06. The lowest BCUT2D eigenvalue weighted by Crippen LogP contribution is -2.13. The Morgan fingerprint density at radius 3 is 2.17 bits per heavy atom. The highest BCUT2D eigenvalue weighted by Crippen LogP contribution is 2.24. The smallest absolute Gasteiger partial charge is 0.274 e. The Balaban J connectivity index is 1.80. The molecule has 1 amide bonds. The molecule has 0 spiro atoms. The Morgan fingerprint density at radius 2 is 1.59 bits per heavy atom. The van der Waals surface area contributed by atoms with Crippen molar-refractivity contribution in [3.05, 3.63) is 94.0 Å². The third kappa shape index (κ3) is 5.26. The molecule has 1 N–H and O–H groups in total. The summed E-state index contributed by atoms with van der Waals surface area (Å²) in [6, 6.07) is 20.7. The minimum atomic E-state index is -3.45. The lowest BCUT2D eigenvalue weighted by Gasteiger charge is -2.08. The van der Waals surface area contributed by atoms with Gasteiger partial charge < -0.3 is 5.32 Å². The van der Waals surface area contributed by atoms with Gasteiger partial charge >= 0.3 is 0 Å². The van der Waals surface area contributed by atoms with Crippen LogP contribution in [0.5, 0.6) is 0 Å². The van der Waals surface area contributed by atoms with Crippen molar-refractivity contribution in [2.75, 3.05) is 11.6 Å². The first-order valence-electron chi connectivity index (χ1n) is 8.65. The molecule has 0 saturated heterocycles. The molecule has 148 valence electrons. The maximum Gasteiger partial charge on any atom is 0.274 e. The van der Waals surface area contributed by atoms with E-state index < -0.39 is 32.1 Å². The van der Waals surface area contributed by atoms with Crippen molar-refractivity contribution in [1.29, 1.82) is 0 Å². The number of nitro benzene ring substituents is 1. The highest BCUT2D eigenvalue weighted by molar-refractivity contribution is 7.89. The number of hydrogen-bond acceptors (Lipinski definition) is 5. The number of nitrogens with zero attached hydrogens (tertiary/aromatic N) is 1. The third-order valence-corrected chi connectivity index (χ3v) is 5.05. The summed E-state index contributed by atoms with van der Waals surface area (Å²) in [5, 5.41) is 14.0. The number of nitrogens with one attached hydrogen (secondary N) is 1. The van der Waals surface area contributed by atoms with Crippen molar-refractivity contribution in [3.63, 3.8) is 0 Å². The lowest BCUT2D eigenvalue weighted by atomic mass is 10.1. The molecule has 3 rings (SSSR count). The number of benzene rings is 3. The van der Waals surface area contributed by atoms with Crippen LogP contribution in [0.4, 0.5) is 11.4 Å². The van der Waals surface area contributed by atoms with Crippen molar-refractivity contribution in [2.24, 2.45) is 0 Å². The maximum absolute atomic E-state index is 12.5. The second-order valence-electron chi connectivity index (χ2n) is 6.57. The summed E-state index contributed by atoms with van der Waals surface area (Å²) in [5.74, 6) is -0.988. The summed E-state index contributed by atoms with van der Waals surface area (Å²) < 4.78 is 22.9. The summed E-state index contributed by atoms with van der Waals surface area (Å²) in [6.07, 6.45) is 0.996. The minimum absolute atomic E-state index is 0.0428. The van der Waals surface area contributed by atoms with E-state index >= 15 is 0 Å². The maximum atomic E-state index is 12.5. The van der Waals surface area contributed by atoms with Crippen LogP contribution < -0.4 is 5.32 Å². The second-order valence-corrected chi connectivity index (χ2v) is 8.71. The first-order chi connectivity index (χ1) is 13.7. The lowest BCUT2D eigenvalue weighted by molar-refractivity contribution is -0.385. The molecule has 0 aliphatic heterocycles. The molecular weight excluding hydrogens is 392 g/mol. The van der Waals surface area contributed by atoms with E-state index in [9.17, 15) is 23.3 Å². The Morgan fingerprint density at radius 1 is 0.966 bits per heavy atom. The van der Waals surface area contributed by atoms with Gasteiger partial charge in [-0.2, -0.15) is 0 Å². The van der Waals surface area contributed by atoms with Crippen LogP contribution in [0.1, 0.15) is 15.9 Å². The van der Waals surface area contributed by atoms with E-state index in [1.165, 1.54) is 12.1 Å². The summed E-state index contributed by atoms with van der Waals surface area (Å²) in [6.45, 7) is 0. The molecule has 3 aromatic rings. The number of carbonyl (C=O) groups excluding carboxylic acids is 1. The van der Waals surface area contributed by atoms with Crippen LogP contribution in [0.2, 0.25) is 0 Å². The summed E-state index contributed by atoms with van der Waals surface area (Å²) in [5.41, 5.74) is 2.29. The van der Waals surface area contributed by atoms with Gasteiger partial charge in [0.05, 0.1) is 10.7 Å². The normalized spacial score (nSPS) is 11.1. The SMILES string of the molecule is CS(=O)(=O)Cc1ccc(C(=O)Nc2ccc(-c3ccccc3)cc2)cc1[N+](=O)[O-]. The van der Waals surface area contributed by atoms with Gasteiger partial charge in [-0.25, -0.2) is 8.42 Å². The van der Waals surface area contributed by atoms with E-state index in [0.29, 0.717) is 5.69 Å². The molecule has 0 fully saturated rings. The van der Waals surface area contributed by atoms with Gasteiger partial charge in [0, 0.05) is 29.1 Å². The Labute approximate surface area is 168 Å². The van der Waals surface area contributed by atoms with E-state index in [1.54, 1.807) is 12.1 Å². The molecule has 0 atom stereocenters. The molecule has 0 bridgehead atoms. The average molecular weight is 410 g/mol. The fraction of sp³-hybridized carbons (Fsp3) is 0.0952. The number of sulfone groups is 1. The fourth-order valence-electron chi connectivity index (χ4n) is 2.86. The monoisotopic (exact) mass is 410 g/mol. The Hall–Kier alpha value is -3.52. The number of nitro groups is 1. The predicted molar refractivity (Wildman–Crippen MR) is 111 cm³/mol. The Bertz CT molecular complexity index is 1160. The standard InChI is InChI=1S/C21H18N2O5S/c1-29(27,28)14-18-8-7-17(13-20(18)23(25)26)21(24)22-19-11-9-16(10-12-19)15-5-3-2-4-6-15/h2-13H,14H2,1H3,(H,22,24). The van der Waals surface area contributed by atoms with Crippen molar-refractivity contribution in [1.82, 2.24) is 0 Å². The molecule has 8 heteroatoms. The summed E-state index contributed by atoms with van der Waals surface area (Å²) in [4.78, 5) is 23.1. The molecule has 0 aromatic heterocycles. The van der Waals surface area contributed by atoms with E-state index in [-0.39, 0.29) is 11.1 Å². The van der Waals surface area contributed by atoms with Gasteiger partial charge in [0.2, 0.25) is 0 Å². The first-order valence-corrected chi connectivity index (χ1v) is 10.7.